The Morgan fingerprint density at radius 2 is 2.20 bits per heavy atom. The van der Waals surface area contributed by atoms with Crippen LogP contribution in [0, 0.1) is 0 Å². The minimum absolute atomic E-state index is 0.702. The van der Waals surface area contributed by atoms with Gasteiger partial charge in [-0.2, -0.15) is 5.10 Å². The van der Waals surface area contributed by atoms with Crippen LogP contribution >= 0.6 is 11.8 Å². The smallest absolute Gasteiger partial charge is 0.129 e. The topological polar surface area (TPSA) is 43.8 Å². The van der Waals surface area contributed by atoms with Gasteiger partial charge in [0.05, 0.1) is 6.20 Å². The van der Waals surface area contributed by atoms with Gasteiger partial charge in [0.1, 0.15) is 5.82 Å². The van der Waals surface area contributed by atoms with Gasteiger partial charge in [0.15, 0.2) is 0 Å². The van der Waals surface area contributed by atoms with Crippen molar-refractivity contribution in [2.75, 3.05) is 12.0 Å². The number of rotatable bonds is 2. The van der Waals surface area contributed by atoms with Crippen molar-refractivity contribution in [2.45, 2.75) is 4.90 Å². The van der Waals surface area contributed by atoms with Gasteiger partial charge < -0.3 is 5.73 Å². The van der Waals surface area contributed by atoms with Gasteiger partial charge in [-0.25, -0.2) is 0 Å². The van der Waals surface area contributed by atoms with Crippen LogP contribution in [0.5, 0.6) is 0 Å². The Bertz CT molecular complexity index is 476. The van der Waals surface area contributed by atoms with E-state index in [1.54, 1.807) is 22.6 Å². The molecular weight excluding hydrogens is 206 g/mol. The van der Waals surface area contributed by atoms with Crippen LogP contribution in [0.2, 0.25) is 0 Å². The Kier molecular flexibility index (Phi) is 2.68. The molecule has 0 atom stereocenters. The highest BCUT2D eigenvalue weighted by atomic mass is 32.2. The van der Waals surface area contributed by atoms with E-state index in [2.05, 4.69) is 23.5 Å². The third-order valence-electron chi connectivity index (χ3n) is 2.37. The number of hydrogen-bond donors (Lipinski definition) is 1. The lowest BCUT2D eigenvalue weighted by Crippen LogP contribution is -1.97. The highest BCUT2D eigenvalue weighted by Crippen LogP contribution is 2.27. The predicted molar refractivity (Wildman–Crippen MR) is 64.8 cm³/mol. The second kappa shape index (κ2) is 3.98. The molecule has 2 N–H and O–H groups in total. The van der Waals surface area contributed by atoms with Gasteiger partial charge in [-0.05, 0) is 24.0 Å². The van der Waals surface area contributed by atoms with Crippen LogP contribution in [0.25, 0.3) is 11.1 Å². The molecule has 2 rings (SSSR count). The fraction of sp³-hybridized carbons (Fsp3) is 0.182. The average Bonchev–Trinajstić information content (AvgIpc) is 2.60. The van der Waals surface area contributed by atoms with Crippen LogP contribution in [0.1, 0.15) is 0 Å². The van der Waals surface area contributed by atoms with Crippen molar-refractivity contribution in [1.82, 2.24) is 9.78 Å². The second-order valence-corrected chi connectivity index (χ2v) is 4.18. The van der Waals surface area contributed by atoms with Crippen LogP contribution in [-0.4, -0.2) is 16.0 Å². The first-order valence-corrected chi connectivity index (χ1v) is 5.86. The molecule has 0 bridgehead atoms. The van der Waals surface area contributed by atoms with E-state index in [1.165, 1.54) is 4.90 Å². The SMILES string of the molecule is CSc1cccc(-c2cnn(C)c2N)c1. The standard InChI is InChI=1S/C11H13N3S/c1-14-11(12)10(7-13-14)8-4-3-5-9(6-8)15-2/h3-7H,12H2,1-2H3. The van der Waals surface area contributed by atoms with E-state index < -0.39 is 0 Å². The summed E-state index contributed by atoms with van der Waals surface area (Å²) < 4.78 is 1.68. The summed E-state index contributed by atoms with van der Waals surface area (Å²) in [6.07, 6.45) is 3.86. The van der Waals surface area contributed by atoms with Gasteiger partial charge >= 0.3 is 0 Å². The number of nitrogen functional groups attached to an aromatic ring is 1. The molecule has 0 radical (unpaired) electrons. The average molecular weight is 219 g/mol. The van der Waals surface area contributed by atoms with Crippen LogP contribution < -0.4 is 5.73 Å². The van der Waals surface area contributed by atoms with Crippen LogP contribution in [0.15, 0.2) is 35.4 Å². The predicted octanol–water partition coefficient (Wildman–Crippen LogP) is 2.39. The Balaban J connectivity index is 2.49. The summed E-state index contributed by atoms with van der Waals surface area (Å²) in [6.45, 7) is 0. The zero-order valence-corrected chi connectivity index (χ0v) is 9.58. The van der Waals surface area contributed by atoms with E-state index >= 15 is 0 Å². The number of aryl methyl sites for hydroxylation is 1. The molecular formula is C11H13N3S. The van der Waals surface area contributed by atoms with Gasteiger partial charge in [0.2, 0.25) is 0 Å². The first kappa shape index (κ1) is 10.1. The molecule has 1 aromatic heterocycles. The normalized spacial score (nSPS) is 10.5. The highest BCUT2D eigenvalue weighted by molar-refractivity contribution is 7.98. The molecule has 0 saturated carbocycles. The Labute approximate surface area is 93.3 Å². The third kappa shape index (κ3) is 1.85. The fourth-order valence-electron chi connectivity index (χ4n) is 1.46. The van der Waals surface area contributed by atoms with Gasteiger partial charge in [-0.15, -0.1) is 11.8 Å². The Hall–Kier alpha value is -1.42. The zero-order chi connectivity index (χ0) is 10.8. The van der Waals surface area contributed by atoms with Crippen molar-refractivity contribution >= 4 is 17.6 Å². The van der Waals surface area contributed by atoms with Gasteiger partial charge in [-0.1, -0.05) is 12.1 Å². The monoisotopic (exact) mass is 219 g/mol. The summed E-state index contributed by atoms with van der Waals surface area (Å²) in [5, 5.41) is 4.13. The van der Waals surface area contributed by atoms with Crippen LogP contribution in [-0.2, 0) is 7.05 Å². The van der Waals surface area contributed by atoms with E-state index in [0.29, 0.717) is 5.82 Å². The molecule has 0 saturated heterocycles. The molecule has 2 aromatic rings. The van der Waals surface area contributed by atoms with Crippen molar-refractivity contribution in [3.8, 4) is 11.1 Å². The van der Waals surface area contributed by atoms with Gasteiger partial charge in [0.25, 0.3) is 0 Å². The molecule has 0 spiro atoms. The van der Waals surface area contributed by atoms with E-state index in [4.69, 9.17) is 5.73 Å². The van der Waals surface area contributed by atoms with E-state index in [1.807, 2.05) is 19.2 Å². The van der Waals surface area contributed by atoms with Crippen molar-refractivity contribution in [3.63, 3.8) is 0 Å². The molecule has 0 aliphatic heterocycles. The summed E-state index contributed by atoms with van der Waals surface area (Å²) in [4.78, 5) is 1.23. The summed E-state index contributed by atoms with van der Waals surface area (Å²) in [6, 6.07) is 8.29. The number of hydrogen-bond acceptors (Lipinski definition) is 3. The van der Waals surface area contributed by atoms with E-state index in [9.17, 15) is 0 Å². The maximum Gasteiger partial charge on any atom is 0.129 e. The lowest BCUT2D eigenvalue weighted by Gasteiger charge is -2.02. The van der Waals surface area contributed by atoms with E-state index in [0.717, 1.165) is 11.1 Å². The van der Waals surface area contributed by atoms with Crippen LogP contribution in [0.3, 0.4) is 0 Å². The summed E-state index contributed by atoms with van der Waals surface area (Å²) in [5.74, 6) is 0.702. The molecule has 0 aliphatic rings. The minimum Gasteiger partial charge on any atom is -0.383 e. The highest BCUT2D eigenvalue weighted by Gasteiger charge is 2.07. The molecule has 15 heavy (non-hydrogen) atoms. The molecule has 4 heteroatoms. The lowest BCUT2D eigenvalue weighted by atomic mass is 10.1. The first-order chi connectivity index (χ1) is 7.22. The van der Waals surface area contributed by atoms with E-state index in [-0.39, 0.29) is 0 Å². The molecule has 0 unspecified atom stereocenters. The Morgan fingerprint density at radius 3 is 2.80 bits per heavy atom. The first-order valence-electron chi connectivity index (χ1n) is 4.64. The fourth-order valence-corrected chi connectivity index (χ4v) is 1.92. The molecule has 1 aromatic carbocycles. The van der Waals surface area contributed by atoms with Gasteiger partial charge in [-0.3, -0.25) is 4.68 Å². The number of thioether (sulfide) groups is 1. The number of benzene rings is 1. The summed E-state index contributed by atoms with van der Waals surface area (Å²) in [5.41, 5.74) is 8.03. The molecule has 0 aliphatic carbocycles. The molecule has 78 valence electrons. The number of nitrogens with two attached hydrogens (primary N) is 1. The maximum absolute atomic E-state index is 5.92. The minimum atomic E-state index is 0.702. The van der Waals surface area contributed by atoms with Crippen molar-refractivity contribution in [2.24, 2.45) is 7.05 Å². The van der Waals surface area contributed by atoms with Crippen molar-refractivity contribution in [1.29, 1.82) is 0 Å². The summed E-state index contributed by atoms with van der Waals surface area (Å²) in [7, 11) is 1.84. The van der Waals surface area contributed by atoms with Crippen LogP contribution in [0.4, 0.5) is 5.82 Å². The molecule has 3 nitrogen and oxygen atoms in total. The number of nitrogens with zero attached hydrogens (tertiary/aromatic N) is 2. The van der Waals surface area contributed by atoms with Crippen molar-refractivity contribution < 1.29 is 0 Å². The second-order valence-electron chi connectivity index (χ2n) is 3.30. The summed E-state index contributed by atoms with van der Waals surface area (Å²) >= 11 is 1.72. The third-order valence-corrected chi connectivity index (χ3v) is 3.09. The lowest BCUT2D eigenvalue weighted by molar-refractivity contribution is 0.779. The molecule has 1 heterocycles. The maximum atomic E-state index is 5.92. The van der Waals surface area contributed by atoms with Gasteiger partial charge in [0, 0.05) is 17.5 Å². The largest absolute Gasteiger partial charge is 0.383 e. The zero-order valence-electron chi connectivity index (χ0n) is 8.77. The quantitative estimate of drug-likeness (QED) is 0.789. The van der Waals surface area contributed by atoms with Crippen molar-refractivity contribution in [3.05, 3.63) is 30.5 Å². The number of aromatic nitrogens is 2. The Morgan fingerprint density at radius 1 is 1.40 bits per heavy atom. The molecule has 0 amide bonds. The number of anilines is 1. The molecule has 0 fully saturated rings.